The molecule has 1 N–H and O–H groups in total. The average molecular weight is 203 g/mol. The van der Waals surface area contributed by atoms with Crippen molar-refractivity contribution in [3.05, 3.63) is 0 Å². The first-order chi connectivity index (χ1) is 6.67. The Hall–Kier alpha value is -0.650. The molecule has 0 aromatic carbocycles. The molecule has 1 rings (SSSR count). The minimum Gasteiger partial charge on any atom is -0.356 e. The van der Waals surface area contributed by atoms with Gasteiger partial charge in [-0.3, -0.25) is 4.79 Å². The smallest absolute Gasteiger partial charge is 0.216 e. The van der Waals surface area contributed by atoms with Gasteiger partial charge in [0.2, 0.25) is 5.91 Å². The minimum absolute atomic E-state index is 0.0410. The zero-order chi connectivity index (χ0) is 10.6. The summed E-state index contributed by atoms with van der Waals surface area (Å²) >= 11 is 0. The van der Waals surface area contributed by atoms with E-state index in [2.05, 4.69) is 5.32 Å². The molecule has 0 saturated carbocycles. The fraction of sp³-hybridized carbons (Fsp3) is 0.889. The van der Waals surface area contributed by atoms with E-state index in [1.165, 1.54) is 6.92 Å². The van der Waals surface area contributed by atoms with Crippen LogP contribution >= 0.6 is 0 Å². The fourth-order valence-corrected chi connectivity index (χ4v) is 1.53. The molecule has 0 aromatic rings. The number of carbonyl (C=O) groups is 1. The number of nitrogens with one attached hydrogen (secondary N) is 1. The predicted molar refractivity (Wildman–Crippen MR) is 49.5 cm³/mol. The maximum absolute atomic E-state index is 10.7. The van der Waals surface area contributed by atoms with Crippen molar-refractivity contribution in [2.75, 3.05) is 20.8 Å². The van der Waals surface area contributed by atoms with Crippen LogP contribution in [-0.2, 0) is 19.0 Å². The molecule has 3 atom stereocenters. The van der Waals surface area contributed by atoms with Crippen LogP contribution in [0.1, 0.15) is 13.3 Å². The van der Waals surface area contributed by atoms with Gasteiger partial charge >= 0.3 is 0 Å². The Kier molecular flexibility index (Phi) is 4.31. The summed E-state index contributed by atoms with van der Waals surface area (Å²) in [5.74, 6) is 0.120. The van der Waals surface area contributed by atoms with Crippen molar-refractivity contribution in [3.63, 3.8) is 0 Å². The van der Waals surface area contributed by atoms with Crippen LogP contribution < -0.4 is 5.32 Å². The first kappa shape index (κ1) is 11.4. The zero-order valence-corrected chi connectivity index (χ0v) is 8.78. The molecule has 1 fully saturated rings. The van der Waals surface area contributed by atoms with Gasteiger partial charge in [-0.1, -0.05) is 0 Å². The van der Waals surface area contributed by atoms with Crippen LogP contribution in [0.15, 0.2) is 0 Å². The van der Waals surface area contributed by atoms with Crippen LogP contribution in [0.5, 0.6) is 0 Å². The second-order valence-corrected chi connectivity index (χ2v) is 3.34. The summed E-state index contributed by atoms with van der Waals surface area (Å²) < 4.78 is 15.6. The molecule has 1 saturated heterocycles. The summed E-state index contributed by atoms with van der Waals surface area (Å²) in [7, 11) is 3.18. The normalized spacial score (nSPS) is 31.8. The van der Waals surface area contributed by atoms with Crippen LogP contribution in [0.3, 0.4) is 0 Å². The molecule has 1 aliphatic rings. The van der Waals surface area contributed by atoms with E-state index in [-0.39, 0.29) is 24.4 Å². The molecule has 0 spiro atoms. The van der Waals surface area contributed by atoms with E-state index in [1.54, 1.807) is 14.2 Å². The highest BCUT2D eigenvalue weighted by Gasteiger charge is 2.35. The molecular formula is C9H17NO4. The second-order valence-electron chi connectivity index (χ2n) is 3.34. The van der Waals surface area contributed by atoms with Gasteiger partial charge in [-0.05, 0) is 0 Å². The number of amides is 1. The molecule has 82 valence electrons. The highest BCUT2D eigenvalue weighted by atomic mass is 16.8. The predicted octanol–water partition coefficient (Wildman–Crippen LogP) is 0.104. The lowest BCUT2D eigenvalue weighted by molar-refractivity contribution is -0.192. The highest BCUT2D eigenvalue weighted by molar-refractivity contribution is 5.72. The Morgan fingerprint density at radius 2 is 2.21 bits per heavy atom. The molecule has 0 aliphatic carbocycles. The van der Waals surface area contributed by atoms with Gasteiger partial charge < -0.3 is 19.5 Å². The molecule has 1 aliphatic heterocycles. The Labute approximate surface area is 83.7 Å². The van der Waals surface area contributed by atoms with E-state index in [9.17, 15) is 4.79 Å². The van der Waals surface area contributed by atoms with Gasteiger partial charge in [0.25, 0.3) is 0 Å². The maximum atomic E-state index is 10.7. The topological polar surface area (TPSA) is 56.8 Å². The third-order valence-corrected chi connectivity index (χ3v) is 2.27. The van der Waals surface area contributed by atoms with Crippen molar-refractivity contribution < 1.29 is 19.0 Å². The minimum atomic E-state index is -0.285. The van der Waals surface area contributed by atoms with Gasteiger partial charge in [0.05, 0.1) is 0 Å². The van der Waals surface area contributed by atoms with Gasteiger partial charge in [-0.25, -0.2) is 0 Å². The number of methoxy groups -OCH3 is 2. The Morgan fingerprint density at radius 3 is 2.71 bits per heavy atom. The molecule has 5 heteroatoms. The van der Waals surface area contributed by atoms with Crippen LogP contribution in [-0.4, -0.2) is 39.3 Å². The molecule has 0 bridgehead atoms. The summed E-state index contributed by atoms with van der Waals surface area (Å²) in [4.78, 5) is 10.7. The molecular weight excluding hydrogens is 186 g/mol. The highest BCUT2D eigenvalue weighted by Crippen LogP contribution is 2.26. The lowest BCUT2D eigenvalue weighted by Crippen LogP contribution is -2.32. The van der Waals surface area contributed by atoms with Crippen molar-refractivity contribution in [1.29, 1.82) is 0 Å². The summed E-state index contributed by atoms with van der Waals surface area (Å²) in [6, 6.07) is 0. The Morgan fingerprint density at radius 1 is 1.50 bits per heavy atom. The van der Waals surface area contributed by atoms with Crippen LogP contribution in [0.4, 0.5) is 0 Å². The summed E-state index contributed by atoms with van der Waals surface area (Å²) in [6.07, 6.45) is 0.237. The number of ether oxygens (including phenoxy) is 3. The largest absolute Gasteiger partial charge is 0.356 e. The summed E-state index contributed by atoms with van der Waals surface area (Å²) in [5.41, 5.74) is 0. The van der Waals surface area contributed by atoms with E-state index in [4.69, 9.17) is 14.2 Å². The van der Waals surface area contributed by atoms with Crippen LogP contribution in [0.25, 0.3) is 0 Å². The number of hydrogen-bond donors (Lipinski definition) is 1. The van der Waals surface area contributed by atoms with Gasteiger partial charge in [-0.15, -0.1) is 0 Å². The molecule has 14 heavy (non-hydrogen) atoms. The lowest BCUT2D eigenvalue weighted by atomic mass is 10.1. The van der Waals surface area contributed by atoms with E-state index in [0.717, 1.165) is 6.42 Å². The molecule has 0 aromatic heterocycles. The van der Waals surface area contributed by atoms with Gasteiger partial charge in [0.1, 0.15) is 0 Å². The summed E-state index contributed by atoms with van der Waals surface area (Å²) in [5, 5.41) is 2.74. The van der Waals surface area contributed by atoms with E-state index in [1.807, 2.05) is 0 Å². The van der Waals surface area contributed by atoms with Gasteiger partial charge in [-0.2, -0.15) is 0 Å². The molecule has 0 radical (unpaired) electrons. The van der Waals surface area contributed by atoms with Gasteiger partial charge in [0, 0.05) is 40.0 Å². The number of hydrogen-bond acceptors (Lipinski definition) is 4. The van der Waals surface area contributed by atoms with Crippen molar-refractivity contribution in [3.8, 4) is 0 Å². The van der Waals surface area contributed by atoms with Crippen molar-refractivity contribution in [2.45, 2.75) is 25.9 Å². The lowest BCUT2D eigenvalue weighted by Gasteiger charge is -2.16. The van der Waals surface area contributed by atoms with Crippen molar-refractivity contribution in [2.24, 2.45) is 5.92 Å². The van der Waals surface area contributed by atoms with Gasteiger partial charge in [0.15, 0.2) is 12.6 Å². The standard InChI is InChI=1S/C9H17NO4/c1-6(11)10-5-7-4-8(12-2)14-9(7)13-3/h7-9H,4-5H2,1-3H3,(H,10,11). The van der Waals surface area contributed by atoms with E-state index >= 15 is 0 Å². The summed E-state index contributed by atoms with van der Waals surface area (Å²) in [6.45, 7) is 2.05. The SMILES string of the molecule is COC1CC(CNC(C)=O)C(OC)O1. The van der Waals surface area contributed by atoms with Crippen LogP contribution in [0.2, 0.25) is 0 Å². The van der Waals surface area contributed by atoms with E-state index in [0.29, 0.717) is 6.54 Å². The number of rotatable bonds is 4. The third-order valence-electron chi connectivity index (χ3n) is 2.27. The first-order valence-electron chi connectivity index (χ1n) is 4.63. The average Bonchev–Trinajstić information content (AvgIpc) is 2.57. The maximum Gasteiger partial charge on any atom is 0.216 e. The molecule has 1 amide bonds. The first-order valence-corrected chi connectivity index (χ1v) is 4.63. The monoisotopic (exact) mass is 203 g/mol. The fourth-order valence-electron chi connectivity index (χ4n) is 1.53. The zero-order valence-electron chi connectivity index (χ0n) is 8.78. The molecule has 1 heterocycles. The Balaban J connectivity index is 2.38. The third kappa shape index (κ3) is 2.94. The second kappa shape index (κ2) is 5.29. The number of carbonyl (C=O) groups excluding carboxylic acids is 1. The van der Waals surface area contributed by atoms with Crippen molar-refractivity contribution in [1.82, 2.24) is 5.32 Å². The van der Waals surface area contributed by atoms with E-state index < -0.39 is 0 Å². The van der Waals surface area contributed by atoms with Crippen LogP contribution in [0, 0.1) is 5.92 Å². The molecule has 3 unspecified atom stereocenters. The van der Waals surface area contributed by atoms with Crippen molar-refractivity contribution >= 4 is 5.91 Å². The molecule has 5 nitrogen and oxygen atoms in total. The quantitative estimate of drug-likeness (QED) is 0.704. The Bertz CT molecular complexity index is 197.